The van der Waals surface area contributed by atoms with E-state index in [1.165, 1.54) is 0 Å². The lowest BCUT2D eigenvalue weighted by Crippen LogP contribution is -2.23. The van der Waals surface area contributed by atoms with Crippen LogP contribution in [0.25, 0.3) is 0 Å². The van der Waals surface area contributed by atoms with Crippen LogP contribution >= 0.6 is 0 Å². The number of amides is 1. The first-order chi connectivity index (χ1) is 13.0. The Labute approximate surface area is 159 Å². The molecule has 1 atom stereocenters. The zero-order valence-electron chi connectivity index (χ0n) is 16.1. The molecular weight excluding hydrogens is 346 g/mol. The summed E-state index contributed by atoms with van der Waals surface area (Å²) >= 11 is 0. The second-order valence-electron chi connectivity index (χ2n) is 7.18. The van der Waals surface area contributed by atoms with Gasteiger partial charge in [-0.05, 0) is 37.1 Å². The number of rotatable bonds is 8. The van der Waals surface area contributed by atoms with E-state index < -0.39 is 5.91 Å². The van der Waals surface area contributed by atoms with E-state index in [1.54, 1.807) is 7.11 Å². The van der Waals surface area contributed by atoms with Gasteiger partial charge in [0.2, 0.25) is 0 Å². The maximum atomic E-state index is 10.9. The molecule has 0 unspecified atom stereocenters. The minimum atomic E-state index is -0.519. The van der Waals surface area contributed by atoms with Crippen LogP contribution in [-0.2, 0) is 11.3 Å². The van der Waals surface area contributed by atoms with Crippen LogP contribution in [0.4, 0.5) is 0 Å². The van der Waals surface area contributed by atoms with E-state index in [0.29, 0.717) is 17.4 Å². The summed E-state index contributed by atoms with van der Waals surface area (Å²) in [4.78, 5) is 13.3. The molecule has 0 spiro atoms. The van der Waals surface area contributed by atoms with Crippen molar-refractivity contribution in [1.29, 1.82) is 0 Å². The molecule has 0 aliphatic carbocycles. The summed E-state index contributed by atoms with van der Waals surface area (Å²) in [5.41, 5.74) is 7.25. The number of aromatic nitrogens is 1. The number of hydrogen-bond donors (Lipinski definition) is 1. The Morgan fingerprint density at radius 2 is 2.19 bits per heavy atom. The summed E-state index contributed by atoms with van der Waals surface area (Å²) < 4.78 is 16.3. The number of benzene rings is 1. The Hall–Kier alpha value is -2.54. The molecule has 1 amide bonds. The molecule has 2 N–H and O–H groups in total. The van der Waals surface area contributed by atoms with Gasteiger partial charge in [0.15, 0.2) is 18.1 Å². The summed E-state index contributed by atoms with van der Waals surface area (Å²) in [6.45, 7) is 5.82. The predicted molar refractivity (Wildman–Crippen MR) is 101 cm³/mol. The number of ether oxygens (including phenoxy) is 2. The van der Waals surface area contributed by atoms with E-state index >= 15 is 0 Å². The fraction of sp³-hybridized carbons (Fsp3) is 0.500. The van der Waals surface area contributed by atoms with Gasteiger partial charge in [-0.1, -0.05) is 25.1 Å². The molecule has 1 aliphatic heterocycles. The molecule has 1 saturated heterocycles. The quantitative estimate of drug-likeness (QED) is 0.765. The summed E-state index contributed by atoms with van der Waals surface area (Å²) in [5, 5.41) is 4.29. The smallest absolute Gasteiger partial charge is 0.255 e. The Morgan fingerprint density at radius 3 is 2.85 bits per heavy atom. The maximum Gasteiger partial charge on any atom is 0.255 e. The topological polar surface area (TPSA) is 90.8 Å². The predicted octanol–water partition coefficient (Wildman–Crippen LogP) is 3.01. The average Bonchev–Trinajstić information content (AvgIpc) is 3.29. The molecule has 7 heteroatoms. The molecule has 7 nitrogen and oxygen atoms in total. The Morgan fingerprint density at radius 1 is 1.37 bits per heavy atom. The van der Waals surface area contributed by atoms with Crippen molar-refractivity contribution in [2.75, 3.05) is 20.3 Å². The summed E-state index contributed by atoms with van der Waals surface area (Å²) in [7, 11) is 1.58. The van der Waals surface area contributed by atoms with Crippen molar-refractivity contribution in [3.05, 3.63) is 41.3 Å². The van der Waals surface area contributed by atoms with Crippen molar-refractivity contribution in [1.82, 2.24) is 10.1 Å². The third-order valence-electron chi connectivity index (χ3n) is 4.80. The fourth-order valence-corrected chi connectivity index (χ4v) is 3.40. The highest BCUT2D eigenvalue weighted by molar-refractivity contribution is 5.75. The van der Waals surface area contributed by atoms with Crippen LogP contribution in [-0.4, -0.2) is 36.2 Å². The van der Waals surface area contributed by atoms with E-state index in [2.05, 4.69) is 30.0 Å². The van der Waals surface area contributed by atoms with E-state index in [0.717, 1.165) is 42.9 Å². The molecular formula is C20H27N3O4. The highest BCUT2D eigenvalue weighted by Gasteiger charge is 2.29. The Kier molecular flexibility index (Phi) is 6.01. The fourth-order valence-electron chi connectivity index (χ4n) is 3.40. The summed E-state index contributed by atoms with van der Waals surface area (Å²) in [6, 6.07) is 8.08. The molecule has 146 valence electrons. The van der Waals surface area contributed by atoms with Gasteiger partial charge in [-0.15, -0.1) is 0 Å². The second kappa shape index (κ2) is 8.43. The lowest BCUT2D eigenvalue weighted by Gasteiger charge is -2.23. The second-order valence-corrected chi connectivity index (χ2v) is 7.18. The summed E-state index contributed by atoms with van der Waals surface area (Å²) in [5.74, 6) is 1.84. The Bertz CT molecular complexity index is 787. The molecule has 2 aromatic rings. The zero-order chi connectivity index (χ0) is 19.4. The van der Waals surface area contributed by atoms with Crippen LogP contribution in [0.2, 0.25) is 0 Å². The minimum Gasteiger partial charge on any atom is -0.493 e. The molecule has 0 radical (unpaired) electrons. The van der Waals surface area contributed by atoms with Crippen LogP contribution in [0.1, 0.15) is 55.7 Å². The molecule has 1 aliphatic rings. The van der Waals surface area contributed by atoms with Crippen LogP contribution in [0.5, 0.6) is 11.5 Å². The molecule has 0 saturated carbocycles. The first kappa shape index (κ1) is 19.2. The number of carbonyl (C=O) groups excluding carboxylic acids is 1. The number of nitrogens with zero attached hydrogens (tertiary/aromatic N) is 2. The molecule has 0 bridgehead atoms. The number of likely N-dealkylation sites (tertiary alicyclic amines) is 1. The van der Waals surface area contributed by atoms with Crippen molar-refractivity contribution in [3.63, 3.8) is 0 Å². The van der Waals surface area contributed by atoms with Crippen molar-refractivity contribution in [2.24, 2.45) is 5.73 Å². The van der Waals surface area contributed by atoms with Crippen LogP contribution < -0.4 is 15.2 Å². The van der Waals surface area contributed by atoms with Crippen LogP contribution in [0.3, 0.4) is 0 Å². The van der Waals surface area contributed by atoms with Gasteiger partial charge >= 0.3 is 0 Å². The number of nitrogens with two attached hydrogens (primary N) is 1. The largest absolute Gasteiger partial charge is 0.493 e. The van der Waals surface area contributed by atoms with Crippen LogP contribution in [0.15, 0.2) is 28.8 Å². The third kappa shape index (κ3) is 4.60. The summed E-state index contributed by atoms with van der Waals surface area (Å²) in [6.07, 6.45) is 2.20. The van der Waals surface area contributed by atoms with Crippen molar-refractivity contribution >= 4 is 5.91 Å². The normalized spacial score (nSPS) is 17.4. The van der Waals surface area contributed by atoms with Crippen molar-refractivity contribution < 1.29 is 18.8 Å². The van der Waals surface area contributed by atoms with E-state index in [1.807, 2.05) is 18.2 Å². The minimum absolute atomic E-state index is 0.172. The highest BCUT2D eigenvalue weighted by atomic mass is 16.5. The van der Waals surface area contributed by atoms with Gasteiger partial charge in [-0.25, -0.2) is 0 Å². The number of primary amides is 1. The zero-order valence-corrected chi connectivity index (χ0v) is 16.1. The molecule has 2 heterocycles. The monoisotopic (exact) mass is 373 g/mol. The van der Waals surface area contributed by atoms with E-state index in [9.17, 15) is 4.79 Å². The van der Waals surface area contributed by atoms with Gasteiger partial charge in [0.1, 0.15) is 11.5 Å². The van der Waals surface area contributed by atoms with E-state index in [4.69, 9.17) is 19.7 Å². The number of hydrogen-bond acceptors (Lipinski definition) is 6. The lowest BCUT2D eigenvalue weighted by atomic mass is 10.1. The molecule has 3 rings (SSSR count). The first-order valence-corrected chi connectivity index (χ1v) is 9.26. The van der Waals surface area contributed by atoms with Crippen molar-refractivity contribution in [2.45, 2.75) is 45.2 Å². The highest BCUT2D eigenvalue weighted by Crippen LogP contribution is 2.35. The van der Waals surface area contributed by atoms with E-state index in [-0.39, 0.29) is 12.6 Å². The van der Waals surface area contributed by atoms with Gasteiger partial charge in [0.05, 0.1) is 13.2 Å². The van der Waals surface area contributed by atoms with Gasteiger partial charge in [-0.2, -0.15) is 0 Å². The molecule has 1 aromatic heterocycles. The Balaban J connectivity index is 1.72. The lowest BCUT2D eigenvalue weighted by molar-refractivity contribution is -0.119. The van der Waals surface area contributed by atoms with Gasteiger partial charge in [0.25, 0.3) is 5.91 Å². The average molecular weight is 373 g/mol. The SMILES string of the molecule is COc1cc(CN2CCC[C@@H]2c2cc(C(C)C)on2)ccc1OCC(N)=O. The van der Waals surface area contributed by atoms with Gasteiger partial charge < -0.3 is 19.7 Å². The van der Waals surface area contributed by atoms with Gasteiger partial charge in [-0.3, -0.25) is 9.69 Å². The maximum absolute atomic E-state index is 10.9. The van der Waals surface area contributed by atoms with Crippen molar-refractivity contribution in [3.8, 4) is 11.5 Å². The first-order valence-electron chi connectivity index (χ1n) is 9.26. The number of methoxy groups -OCH3 is 1. The standard InChI is InChI=1S/C20H27N3O4/c1-13(2)18-10-15(22-27-18)16-5-4-8-23(16)11-14-6-7-17(19(9-14)25-3)26-12-20(21)24/h6-7,9-10,13,16H,4-5,8,11-12H2,1-3H3,(H2,21,24)/t16-/m1/s1. The van der Waals surface area contributed by atoms with Gasteiger partial charge in [0, 0.05) is 18.5 Å². The van der Waals surface area contributed by atoms with Crippen LogP contribution in [0, 0.1) is 0 Å². The third-order valence-corrected chi connectivity index (χ3v) is 4.80. The molecule has 27 heavy (non-hydrogen) atoms. The number of carbonyl (C=O) groups is 1. The molecule has 1 fully saturated rings. The molecule has 1 aromatic carbocycles.